The van der Waals surface area contributed by atoms with Gasteiger partial charge in [-0.05, 0) is 31.2 Å². The van der Waals surface area contributed by atoms with Crippen molar-refractivity contribution in [3.05, 3.63) is 42.7 Å². The van der Waals surface area contributed by atoms with Crippen molar-refractivity contribution in [1.82, 2.24) is 15.1 Å². The molecule has 1 aliphatic rings. The number of rotatable bonds is 7. The highest BCUT2D eigenvalue weighted by molar-refractivity contribution is 7.99. The number of likely N-dealkylation sites (N-methyl/N-ethyl adjacent to an activating group) is 1. The van der Waals surface area contributed by atoms with E-state index in [0.717, 1.165) is 5.75 Å². The first-order chi connectivity index (χ1) is 13.7. The summed E-state index contributed by atoms with van der Waals surface area (Å²) in [6.45, 7) is 3.36. The third-order valence-corrected chi connectivity index (χ3v) is 4.99. The molecule has 0 radical (unpaired) electrons. The molecule has 0 saturated carbocycles. The van der Waals surface area contributed by atoms with Crippen LogP contribution in [0.15, 0.2) is 56.7 Å². The van der Waals surface area contributed by atoms with Gasteiger partial charge in [-0.1, -0.05) is 23.9 Å². The summed E-state index contributed by atoms with van der Waals surface area (Å²) < 4.78 is 22.4. The summed E-state index contributed by atoms with van der Waals surface area (Å²) in [6, 6.07) is 11.0. The Hall–Kier alpha value is -2.94. The third kappa shape index (κ3) is 4.14. The number of amides is 1. The molecule has 1 amide bonds. The van der Waals surface area contributed by atoms with E-state index in [4.69, 9.17) is 18.3 Å². The molecule has 146 valence electrons. The second-order valence-corrected chi connectivity index (χ2v) is 7.00. The van der Waals surface area contributed by atoms with Crippen molar-refractivity contribution in [2.75, 3.05) is 25.4 Å². The van der Waals surface area contributed by atoms with Gasteiger partial charge in [-0.15, -0.1) is 10.2 Å². The average molecular weight is 401 g/mol. The normalized spacial score (nSPS) is 15.4. The lowest BCUT2D eigenvalue weighted by molar-refractivity contribution is -0.129. The van der Waals surface area contributed by atoms with Crippen LogP contribution < -0.4 is 9.47 Å². The maximum Gasteiger partial charge on any atom is 0.284 e. The molecule has 1 aromatic carbocycles. The van der Waals surface area contributed by atoms with Gasteiger partial charge in [0.05, 0.1) is 18.6 Å². The van der Waals surface area contributed by atoms with Crippen LogP contribution in [0.2, 0.25) is 0 Å². The largest absolute Gasteiger partial charge is 0.486 e. The molecule has 3 aromatic rings. The van der Waals surface area contributed by atoms with E-state index in [1.54, 1.807) is 17.0 Å². The van der Waals surface area contributed by atoms with Crippen LogP contribution in [0, 0.1) is 0 Å². The first-order valence-electron chi connectivity index (χ1n) is 8.89. The predicted octanol–water partition coefficient (Wildman–Crippen LogP) is 3.11. The minimum atomic E-state index is -0.210. The second kappa shape index (κ2) is 8.39. The Labute approximate surface area is 165 Å². The van der Waals surface area contributed by atoms with Gasteiger partial charge in [0.25, 0.3) is 11.1 Å². The van der Waals surface area contributed by atoms with Gasteiger partial charge in [-0.3, -0.25) is 4.79 Å². The van der Waals surface area contributed by atoms with Crippen molar-refractivity contribution in [2.24, 2.45) is 0 Å². The quantitative estimate of drug-likeness (QED) is 0.558. The lowest BCUT2D eigenvalue weighted by Gasteiger charge is -2.30. The molecule has 0 spiro atoms. The Balaban J connectivity index is 1.31. The summed E-state index contributed by atoms with van der Waals surface area (Å²) in [5, 5.41) is 8.19. The molecule has 28 heavy (non-hydrogen) atoms. The molecule has 3 heterocycles. The zero-order valence-electron chi connectivity index (χ0n) is 15.2. The van der Waals surface area contributed by atoms with Gasteiger partial charge in [0.2, 0.25) is 5.91 Å². The number of benzene rings is 1. The van der Waals surface area contributed by atoms with Crippen molar-refractivity contribution in [3.63, 3.8) is 0 Å². The number of furan rings is 1. The molecule has 4 rings (SSSR count). The van der Waals surface area contributed by atoms with Crippen molar-refractivity contribution in [1.29, 1.82) is 0 Å². The van der Waals surface area contributed by atoms with Crippen molar-refractivity contribution >= 4 is 17.7 Å². The lowest BCUT2D eigenvalue weighted by atomic mass is 10.2. The zero-order valence-corrected chi connectivity index (χ0v) is 16.1. The molecule has 2 aromatic heterocycles. The average Bonchev–Trinajstić information content (AvgIpc) is 3.41. The van der Waals surface area contributed by atoms with E-state index in [0.29, 0.717) is 42.3 Å². The standard InChI is InChI=1S/C19H19N3O5S/c1-2-22(10-13-11-25-14-6-3-4-7-15(14)26-13)17(23)12-28-19-21-20-18(27-19)16-8-5-9-24-16/h3-9,13H,2,10-12H2,1H3/t13-/m0/s1. The molecule has 0 N–H and O–H groups in total. The molecule has 0 saturated heterocycles. The summed E-state index contributed by atoms with van der Waals surface area (Å²) in [6.07, 6.45) is 1.32. The Morgan fingerprint density at radius 2 is 2.07 bits per heavy atom. The fourth-order valence-electron chi connectivity index (χ4n) is 2.79. The Kier molecular flexibility index (Phi) is 5.52. The van der Waals surface area contributed by atoms with Gasteiger partial charge >= 0.3 is 0 Å². The number of carbonyl (C=O) groups excluding carboxylic acids is 1. The van der Waals surface area contributed by atoms with Crippen LogP contribution in [-0.4, -0.2) is 52.6 Å². The lowest BCUT2D eigenvalue weighted by Crippen LogP contribution is -2.44. The third-order valence-electron chi connectivity index (χ3n) is 4.18. The number of thioether (sulfide) groups is 1. The Bertz CT molecular complexity index is 927. The fourth-order valence-corrected chi connectivity index (χ4v) is 3.45. The molecule has 1 aliphatic heterocycles. The van der Waals surface area contributed by atoms with Gasteiger partial charge in [-0.2, -0.15) is 0 Å². The van der Waals surface area contributed by atoms with Crippen molar-refractivity contribution < 1.29 is 23.1 Å². The maximum absolute atomic E-state index is 12.6. The number of para-hydroxylation sites is 2. The number of nitrogens with zero attached hydrogens (tertiary/aromatic N) is 3. The maximum atomic E-state index is 12.6. The number of hydrogen-bond donors (Lipinski definition) is 0. The summed E-state index contributed by atoms with van der Waals surface area (Å²) >= 11 is 1.20. The molecule has 0 fully saturated rings. The van der Waals surface area contributed by atoms with Crippen LogP contribution in [-0.2, 0) is 4.79 Å². The highest BCUT2D eigenvalue weighted by atomic mass is 32.2. The van der Waals surface area contributed by atoms with E-state index in [1.165, 1.54) is 18.0 Å². The van der Waals surface area contributed by atoms with Gasteiger partial charge in [0.1, 0.15) is 6.61 Å². The van der Waals surface area contributed by atoms with Crippen molar-refractivity contribution in [3.8, 4) is 23.1 Å². The van der Waals surface area contributed by atoms with E-state index in [-0.39, 0.29) is 17.8 Å². The highest BCUT2D eigenvalue weighted by Crippen LogP contribution is 2.31. The molecule has 1 atom stereocenters. The number of hydrogen-bond acceptors (Lipinski definition) is 8. The zero-order chi connectivity index (χ0) is 19.3. The van der Waals surface area contributed by atoms with Gasteiger partial charge in [0, 0.05) is 6.54 Å². The molecule has 0 unspecified atom stereocenters. The minimum Gasteiger partial charge on any atom is -0.486 e. The monoisotopic (exact) mass is 401 g/mol. The van der Waals surface area contributed by atoms with E-state index in [9.17, 15) is 4.79 Å². The molecular weight excluding hydrogens is 382 g/mol. The van der Waals surface area contributed by atoms with Crippen LogP contribution >= 0.6 is 11.8 Å². The molecule has 0 aliphatic carbocycles. The smallest absolute Gasteiger partial charge is 0.284 e. The summed E-state index contributed by atoms with van der Waals surface area (Å²) in [4.78, 5) is 14.3. The van der Waals surface area contributed by atoms with Gasteiger partial charge in [0.15, 0.2) is 23.4 Å². The second-order valence-electron chi connectivity index (χ2n) is 6.07. The van der Waals surface area contributed by atoms with Crippen molar-refractivity contribution in [2.45, 2.75) is 18.3 Å². The number of aromatic nitrogens is 2. The van der Waals surface area contributed by atoms with Crippen LogP contribution in [0.1, 0.15) is 6.92 Å². The first kappa shape index (κ1) is 18.4. The molecule has 8 nitrogen and oxygen atoms in total. The van der Waals surface area contributed by atoms with Gasteiger partial charge in [-0.25, -0.2) is 0 Å². The fraction of sp³-hybridized carbons (Fsp3) is 0.316. The van der Waals surface area contributed by atoms with E-state index in [1.807, 2.05) is 31.2 Å². The topological polar surface area (TPSA) is 90.8 Å². The molecular formula is C19H19N3O5S. The number of carbonyl (C=O) groups is 1. The highest BCUT2D eigenvalue weighted by Gasteiger charge is 2.25. The number of ether oxygens (including phenoxy) is 2. The van der Waals surface area contributed by atoms with Crippen LogP contribution in [0.5, 0.6) is 11.5 Å². The van der Waals surface area contributed by atoms with E-state index >= 15 is 0 Å². The van der Waals surface area contributed by atoms with Crippen LogP contribution in [0.4, 0.5) is 0 Å². The van der Waals surface area contributed by atoms with Crippen LogP contribution in [0.3, 0.4) is 0 Å². The molecule has 0 bridgehead atoms. The van der Waals surface area contributed by atoms with E-state index in [2.05, 4.69) is 10.2 Å². The SMILES string of the molecule is CCN(C[C@H]1COc2ccccc2O1)C(=O)CSc1nnc(-c2ccco2)o1. The number of fused-ring (bicyclic) bond motifs is 1. The predicted molar refractivity (Wildman–Crippen MR) is 101 cm³/mol. The first-order valence-corrected chi connectivity index (χ1v) is 9.88. The summed E-state index contributed by atoms with van der Waals surface area (Å²) in [7, 11) is 0. The van der Waals surface area contributed by atoms with E-state index < -0.39 is 0 Å². The Morgan fingerprint density at radius 3 is 2.86 bits per heavy atom. The summed E-state index contributed by atoms with van der Waals surface area (Å²) in [5.74, 6) is 2.38. The summed E-state index contributed by atoms with van der Waals surface area (Å²) in [5.41, 5.74) is 0. The van der Waals surface area contributed by atoms with Gasteiger partial charge < -0.3 is 23.2 Å². The Morgan fingerprint density at radius 1 is 1.21 bits per heavy atom. The minimum absolute atomic E-state index is 0.0345. The van der Waals surface area contributed by atoms with Crippen LogP contribution in [0.25, 0.3) is 11.7 Å². The molecule has 9 heteroatoms.